The third kappa shape index (κ3) is 66.2. The van der Waals surface area contributed by atoms with E-state index in [2.05, 4.69) is 55.6 Å². The zero-order valence-electron chi connectivity index (χ0n) is 55.7. The Bertz CT molecular complexity index is 1430. The smallest absolute Gasteiger partial charge is 0.268 e. The molecule has 1 amide bonds. The van der Waals surface area contributed by atoms with E-state index in [0.29, 0.717) is 23.9 Å². The number of phosphoric ester groups is 1. The largest absolute Gasteiger partial charge is 0.756 e. The van der Waals surface area contributed by atoms with Crippen molar-refractivity contribution in [3.63, 3.8) is 0 Å². The molecule has 0 fully saturated rings. The van der Waals surface area contributed by atoms with Crippen LogP contribution < -0.4 is 10.2 Å². The van der Waals surface area contributed by atoms with Crippen LogP contribution in [0.2, 0.25) is 0 Å². The molecule has 9 heteroatoms. The van der Waals surface area contributed by atoms with Crippen LogP contribution in [-0.4, -0.2) is 68.5 Å². The summed E-state index contributed by atoms with van der Waals surface area (Å²) in [6.07, 6.45) is 85.1. The van der Waals surface area contributed by atoms with Crippen molar-refractivity contribution in [2.45, 2.75) is 386 Å². The minimum Gasteiger partial charge on any atom is -0.756 e. The van der Waals surface area contributed by atoms with Gasteiger partial charge >= 0.3 is 0 Å². The molecule has 0 aliphatic carbocycles. The van der Waals surface area contributed by atoms with E-state index < -0.39 is 20.0 Å². The summed E-state index contributed by atoms with van der Waals surface area (Å²) in [5, 5.41) is 14.1. The summed E-state index contributed by atoms with van der Waals surface area (Å²) in [7, 11) is 1.32. The minimum absolute atomic E-state index is 0.0138. The number of hydrogen-bond donors (Lipinski definition) is 2. The number of nitrogens with zero attached hydrogens (tertiary/aromatic N) is 1. The fraction of sp³-hybridized carbons (Fsp3) is 0.904. The van der Waals surface area contributed by atoms with E-state index in [1.165, 1.54) is 295 Å². The van der Waals surface area contributed by atoms with Gasteiger partial charge in [0.25, 0.3) is 7.82 Å². The van der Waals surface area contributed by atoms with E-state index in [1.807, 2.05) is 21.1 Å². The molecule has 8 nitrogen and oxygen atoms in total. The van der Waals surface area contributed by atoms with Crippen LogP contribution in [0.5, 0.6) is 0 Å². The van der Waals surface area contributed by atoms with E-state index in [-0.39, 0.29) is 19.1 Å². The Hall–Kier alpha value is -1.28. The van der Waals surface area contributed by atoms with Gasteiger partial charge in [0.05, 0.1) is 39.9 Å². The number of carbonyl (C=O) groups excluding carboxylic acids is 1. The molecular formula is C73H143N2O6P. The Morgan fingerprint density at radius 3 is 1.02 bits per heavy atom. The van der Waals surface area contributed by atoms with E-state index in [1.54, 1.807) is 0 Å². The molecule has 82 heavy (non-hydrogen) atoms. The first kappa shape index (κ1) is 80.7. The van der Waals surface area contributed by atoms with Crippen LogP contribution in [0.1, 0.15) is 373 Å². The number of phosphoric acid groups is 1. The number of unbranched alkanes of at least 4 members (excludes halogenated alkanes) is 49. The van der Waals surface area contributed by atoms with Crippen molar-refractivity contribution < 1.29 is 32.9 Å². The van der Waals surface area contributed by atoms with Crippen LogP contribution in [0, 0.1) is 0 Å². The van der Waals surface area contributed by atoms with Gasteiger partial charge < -0.3 is 28.8 Å². The fourth-order valence-corrected chi connectivity index (χ4v) is 12.0. The number of carbonyl (C=O) groups is 1. The standard InChI is InChI=1S/C73H143N2O6P/c1-6-8-10-12-14-16-18-20-22-24-26-28-30-32-34-36-37-39-41-43-45-47-49-51-53-55-57-59-61-63-65-67-73(77)74-71(70-81-82(78,79)80-69-68-75(3,4)5)72(76)66-64-62-60-58-56-54-52-50-48-46-44-42-40-38-35-33-31-29-27-25-23-21-19-17-15-13-11-9-7-2/h18,20,24,26,30,32,71-72,76H,6-17,19,21-23,25,27-29,31,33-70H2,1-5H3,(H-,74,77,78,79)/b20-18-,26-24-,32-30-. The first-order chi connectivity index (χ1) is 40.0. The molecule has 0 heterocycles. The van der Waals surface area contributed by atoms with Gasteiger partial charge in [0.1, 0.15) is 13.2 Å². The van der Waals surface area contributed by atoms with Crippen molar-refractivity contribution >= 4 is 13.7 Å². The second-order valence-electron chi connectivity index (χ2n) is 26.3. The lowest BCUT2D eigenvalue weighted by atomic mass is 10.0. The molecule has 3 unspecified atom stereocenters. The van der Waals surface area contributed by atoms with Gasteiger partial charge in [-0.1, -0.05) is 352 Å². The number of quaternary nitrogens is 1. The quantitative estimate of drug-likeness (QED) is 0.0272. The van der Waals surface area contributed by atoms with Crippen LogP contribution in [0.4, 0.5) is 0 Å². The maximum atomic E-state index is 13.1. The predicted molar refractivity (Wildman–Crippen MR) is 358 cm³/mol. The van der Waals surface area contributed by atoms with E-state index >= 15 is 0 Å². The molecule has 486 valence electrons. The highest BCUT2D eigenvalue weighted by Gasteiger charge is 2.24. The molecule has 0 aromatic carbocycles. The van der Waals surface area contributed by atoms with Crippen molar-refractivity contribution in [1.82, 2.24) is 5.32 Å². The van der Waals surface area contributed by atoms with E-state index in [0.717, 1.165) is 51.4 Å². The third-order valence-electron chi connectivity index (χ3n) is 16.9. The average molecular weight is 1180 g/mol. The number of allylic oxidation sites excluding steroid dienone is 6. The van der Waals surface area contributed by atoms with Crippen molar-refractivity contribution in [3.05, 3.63) is 36.5 Å². The number of hydrogen-bond acceptors (Lipinski definition) is 6. The van der Waals surface area contributed by atoms with Gasteiger partial charge in [-0.25, -0.2) is 0 Å². The number of aliphatic hydroxyl groups is 1. The van der Waals surface area contributed by atoms with Gasteiger partial charge in [-0.05, 0) is 51.4 Å². The zero-order chi connectivity index (χ0) is 59.8. The Morgan fingerprint density at radius 1 is 0.427 bits per heavy atom. The van der Waals surface area contributed by atoms with Crippen molar-refractivity contribution in [2.75, 3.05) is 40.9 Å². The Kier molecular flexibility index (Phi) is 63.2. The van der Waals surface area contributed by atoms with E-state index in [4.69, 9.17) is 9.05 Å². The van der Waals surface area contributed by atoms with Gasteiger partial charge in [-0.3, -0.25) is 9.36 Å². The topological polar surface area (TPSA) is 108 Å². The van der Waals surface area contributed by atoms with Gasteiger partial charge in [-0.15, -0.1) is 0 Å². The Labute approximate surface area is 512 Å². The van der Waals surface area contributed by atoms with Gasteiger partial charge in [-0.2, -0.15) is 0 Å². The molecule has 0 saturated carbocycles. The SMILES string of the molecule is CCCCCCC/C=C\C/C=C\C/C=C\CCCCCCCCCCCCCCCCCCC(=O)NC(COP(=O)([O-])OCC[N+](C)(C)C)C(O)CCCCCCCCCCCCCCCCCCCCCCCCCCCCCCC. The summed E-state index contributed by atoms with van der Waals surface area (Å²) in [4.78, 5) is 25.7. The van der Waals surface area contributed by atoms with Crippen molar-refractivity contribution in [1.29, 1.82) is 0 Å². The van der Waals surface area contributed by atoms with Gasteiger partial charge in [0.15, 0.2) is 0 Å². The normalized spacial score (nSPS) is 13.8. The lowest BCUT2D eigenvalue weighted by Gasteiger charge is -2.30. The highest BCUT2D eigenvalue weighted by Crippen LogP contribution is 2.38. The molecule has 0 rings (SSSR count). The maximum absolute atomic E-state index is 13.1. The summed E-state index contributed by atoms with van der Waals surface area (Å²) in [6, 6.07) is -0.802. The molecule has 0 saturated heterocycles. The second kappa shape index (κ2) is 64.2. The van der Waals surface area contributed by atoms with Gasteiger partial charge in [0, 0.05) is 6.42 Å². The zero-order valence-corrected chi connectivity index (χ0v) is 56.6. The predicted octanol–water partition coefficient (Wildman–Crippen LogP) is 22.6. The third-order valence-corrected chi connectivity index (χ3v) is 17.8. The Balaban J connectivity index is 4.00. The molecule has 0 aliphatic heterocycles. The first-order valence-corrected chi connectivity index (χ1v) is 37.8. The van der Waals surface area contributed by atoms with Crippen molar-refractivity contribution in [3.8, 4) is 0 Å². The monoisotopic (exact) mass is 1180 g/mol. The molecule has 0 bridgehead atoms. The summed E-state index contributed by atoms with van der Waals surface area (Å²) in [6.45, 7) is 4.77. The summed E-state index contributed by atoms with van der Waals surface area (Å²) in [5.41, 5.74) is 0. The van der Waals surface area contributed by atoms with Crippen LogP contribution >= 0.6 is 7.82 Å². The lowest BCUT2D eigenvalue weighted by Crippen LogP contribution is -2.46. The first-order valence-electron chi connectivity index (χ1n) is 36.3. The lowest BCUT2D eigenvalue weighted by molar-refractivity contribution is -0.870. The molecule has 3 atom stereocenters. The van der Waals surface area contributed by atoms with Crippen LogP contribution in [-0.2, 0) is 18.4 Å². The van der Waals surface area contributed by atoms with Crippen LogP contribution in [0.15, 0.2) is 36.5 Å². The number of nitrogens with one attached hydrogen (secondary N) is 1. The van der Waals surface area contributed by atoms with E-state index in [9.17, 15) is 19.4 Å². The molecule has 2 N–H and O–H groups in total. The number of likely N-dealkylation sites (N-methyl/N-ethyl adjacent to an activating group) is 1. The van der Waals surface area contributed by atoms with Crippen LogP contribution in [0.25, 0.3) is 0 Å². The number of aliphatic hydroxyl groups excluding tert-OH is 1. The fourth-order valence-electron chi connectivity index (χ4n) is 11.2. The molecular weight excluding hydrogens is 1030 g/mol. The molecule has 0 aromatic rings. The second-order valence-corrected chi connectivity index (χ2v) is 27.7. The summed E-state index contributed by atoms with van der Waals surface area (Å²) >= 11 is 0. The molecule has 0 aromatic heterocycles. The number of amides is 1. The van der Waals surface area contributed by atoms with Crippen molar-refractivity contribution in [2.24, 2.45) is 0 Å². The average Bonchev–Trinajstić information content (AvgIpc) is 3.47. The summed E-state index contributed by atoms with van der Waals surface area (Å²) in [5.74, 6) is -0.158. The summed E-state index contributed by atoms with van der Waals surface area (Å²) < 4.78 is 23.6. The van der Waals surface area contributed by atoms with Gasteiger partial charge in [0.2, 0.25) is 5.91 Å². The Morgan fingerprint density at radius 2 is 0.707 bits per heavy atom. The molecule has 0 aliphatic rings. The minimum atomic E-state index is -4.58. The highest BCUT2D eigenvalue weighted by atomic mass is 31.2. The maximum Gasteiger partial charge on any atom is 0.268 e. The van der Waals surface area contributed by atoms with Crippen LogP contribution in [0.3, 0.4) is 0 Å². The molecule has 0 radical (unpaired) electrons. The number of rotatable bonds is 68. The highest BCUT2D eigenvalue weighted by molar-refractivity contribution is 7.45. The molecule has 0 spiro atoms.